The molecule has 0 spiro atoms. The molecule has 0 atom stereocenters. The van der Waals surface area contributed by atoms with Crippen LogP contribution in [0.5, 0.6) is 0 Å². The zero-order chi connectivity index (χ0) is 9.97. The lowest BCUT2D eigenvalue weighted by molar-refractivity contribution is 1.38. The van der Waals surface area contributed by atoms with E-state index in [1.165, 1.54) is 16.7 Å². The number of benzene rings is 2. The molecular formula is C13H12S. The van der Waals surface area contributed by atoms with E-state index in [2.05, 4.69) is 43.8 Å². The van der Waals surface area contributed by atoms with E-state index in [4.69, 9.17) is 0 Å². The first-order valence-corrected chi connectivity index (χ1v) is 5.07. The molecule has 0 radical (unpaired) electrons. The summed E-state index contributed by atoms with van der Waals surface area (Å²) in [7, 11) is 0. The van der Waals surface area contributed by atoms with Crippen molar-refractivity contribution < 1.29 is 0 Å². The molecule has 1 heteroatoms. The summed E-state index contributed by atoms with van der Waals surface area (Å²) in [6.45, 7) is 2.10. The van der Waals surface area contributed by atoms with Crippen molar-refractivity contribution in [3.05, 3.63) is 54.1 Å². The summed E-state index contributed by atoms with van der Waals surface area (Å²) in [4.78, 5) is 1.03. The summed E-state index contributed by atoms with van der Waals surface area (Å²) in [5.74, 6) is 0. The van der Waals surface area contributed by atoms with Crippen molar-refractivity contribution in [1.82, 2.24) is 0 Å². The van der Waals surface area contributed by atoms with Gasteiger partial charge in [-0.3, -0.25) is 0 Å². The number of thiol groups is 1. The van der Waals surface area contributed by atoms with Crippen LogP contribution in [0.25, 0.3) is 11.1 Å². The van der Waals surface area contributed by atoms with Crippen LogP contribution in [0.1, 0.15) is 5.56 Å². The summed E-state index contributed by atoms with van der Waals surface area (Å²) in [6.07, 6.45) is 0. The Bertz CT molecular complexity index is 432. The minimum atomic E-state index is 1.03. The van der Waals surface area contributed by atoms with Gasteiger partial charge in [0.25, 0.3) is 0 Å². The van der Waals surface area contributed by atoms with Crippen molar-refractivity contribution in [3.8, 4) is 11.1 Å². The van der Waals surface area contributed by atoms with E-state index >= 15 is 0 Å². The molecule has 0 nitrogen and oxygen atoms in total. The fourth-order valence-electron chi connectivity index (χ4n) is 1.50. The van der Waals surface area contributed by atoms with Crippen molar-refractivity contribution in [3.63, 3.8) is 0 Å². The monoisotopic (exact) mass is 200 g/mol. The highest BCUT2D eigenvalue weighted by Crippen LogP contribution is 2.26. The number of rotatable bonds is 1. The summed E-state index contributed by atoms with van der Waals surface area (Å²) in [6, 6.07) is 16.6. The maximum absolute atomic E-state index is 4.46. The highest BCUT2D eigenvalue weighted by Gasteiger charge is 2.01. The average Bonchev–Trinajstić information content (AvgIpc) is 2.23. The summed E-state index contributed by atoms with van der Waals surface area (Å²) in [5.41, 5.74) is 3.69. The average molecular weight is 200 g/mol. The highest BCUT2D eigenvalue weighted by molar-refractivity contribution is 7.80. The van der Waals surface area contributed by atoms with E-state index in [1.807, 2.05) is 24.3 Å². The molecule has 0 saturated carbocycles. The van der Waals surface area contributed by atoms with Crippen LogP contribution < -0.4 is 0 Å². The SMILES string of the molecule is Cc1ccc(S)c(-c2ccccc2)c1. The van der Waals surface area contributed by atoms with E-state index in [-0.39, 0.29) is 0 Å². The lowest BCUT2D eigenvalue weighted by Crippen LogP contribution is -1.81. The molecular weight excluding hydrogens is 188 g/mol. The number of aryl methyl sites for hydroxylation is 1. The number of hydrogen-bond donors (Lipinski definition) is 1. The van der Waals surface area contributed by atoms with Crippen LogP contribution in [0.15, 0.2) is 53.4 Å². The van der Waals surface area contributed by atoms with Crippen LogP contribution in [0.2, 0.25) is 0 Å². The molecule has 0 N–H and O–H groups in total. The first kappa shape index (κ1) is 9.35. The normalized spacial score (nSPS) is 10.1. The predicted octanol–water partition coefficient (Wildman–Crippen LogP) is 3.95. The van der Waals surface area contributed by atoms with E-state index < -0.39 is 0 Å². The minimum absolute atomic E-state index is 1.03. The maximum Gasteiger partial charge on any atom is 0.0119 e. The molecule has 0 aliphatic carbocycles. The van der Waals surface area contributed by atoms with Gasteiger partial charge in [0.15, 0.2) is 0 Å². The molecule has 0 aliphatic rings. The molecule has 0 unspecified atom stereocenters. The summed E-state index contributed by atoms with van der Waals surface area (Å²) in [5, 5.41) is 0. The van der Waals surface area contributed by atoms with Crippen LogP contribution >= 0.6 is 12.6 Å². The van der Waals surface area contributed by atoms with Gasteiger partial charge < -0.3 is 0 Å². The van der Waals surface area contributed by atoms with Crippen molar-refractivity contribution in [1.29, 1.82) is 0 Å². The van der Waals surface area contributed by atoms with Crippen LogP contribution in [0, 0.1) is 6.92 Å². The Morgan fingerprint density at radius 2 is 1.64 bits per heavy atom. The van der Waals surface area contributed by atoms with Crippen molar-refractivity contribution in [2.45, 2.75) is 11.8 Å². The van der Waals surface area contributed by atoms with Crippen LogP contribution in [0.3, 0.4) is 0 Å². The Balaban J connectivity index is 2.57. The zero-order valence-electron chi connectivity index (χ0n) is 8.07. The van der Waals surface area contributed by atoms with Gasteiger partial charge in [-0.25, -0.2) is 0 Å². The van der Waals surface area contributed by atoms with E-state index in [1.54, 1.807) is 0 Å². The van der Waals surface area contributed by atoms with Gasteiger partial charge in [0.05, 0.1) is 0 Å². The van der Waals surface area contributed by atoms with Gasteiger partial charge in [0, 0.05) is 4.90 Å². The fraction of sp³-hybridized carbons (Fsp3) is 0.0769. The van der Waals surface area contributed by atoms with Crippen LogP contribution in [-0.4, -0.2) is 0 Å². The quantitative estimate of drug-likeness (QED) is 0.662. The fourth-order valence-corrected chi connectivity index (χ4v) is 1.77. The van der Waals surface area contributed by atoms with Gasteiger partial charge in [-0.1, -0.05) is 48.0 Å². The van der Waals surface area contributed by atoms with Crippen LogP contribution in [0.4, 0.5) is 0 Å². The molecule has 0 heterocycles. The molecule has 0 saturated heterocycles. The molecule has 2 aromatic carbocycles. The lowest BCUT2D eigenvalue weighted by atomic mass is 10.0. The van der Waals surface area contributed by atoms with E-state index in [0.717, 1.165) is 4.90 Å². The smallest absolute Gasteiger partial charge is 0.0119 e. The Kier molecular flexibility index (Phi) is 2.60. The Labute approximate surface area is 90.0 Å². The van der Waals surface area contributed by atoms with Crippen molar-refractivity contribution in [2.24, 2.45) is 0 Å². The first-order valence-electron chi connectivity index (χ1n) is 4.62. The summed E-state index contributed by atoms with van der Waals surface area (Å²) < 4.78 is 0. The van der Waals surface area contributed by atoms with Gasteiger partial charge in [-0.2, -0.15) is 0 Å². The lowest BCUT2D eigenvalue weighted by Gasteiger charge is -2.05. The van der Waals surface area contributed by atoms with Gasteiger partial charge in [-0.05, 0) is 24.1 Å². The van der Waals surface area contributed by atoms with E-state index in [0.29, 0.717) is 0 Å². The number of hydrogen-bond acceptors (Lipinski definition) is 1. The standard InChI is InChI=1S/C13H12S/c1-10-7-8-13(14)12(9-10)11-5-3-2-4-6-11/h2-9,14H,1H3. The first-order chi connectivity index (χ1) is 6.77. The molecule has 0 amide bonds. The largest absolute Gasteiger partial charge is 0.143 e. The second-order valence-electron chi connectivity index (χ2n) is 3.39. The van der Waals surface area contributed by atoms with E-state index in [9.17, 15) is 0 Å². The Hall–Kier alpha value is -1.21. The van der Waals surface area contributed by atoms with Gasteiger partial charge in [0.1, 0.15) is 0 Å². The third-order valence-electron chi connectivity index (χ3n) is 2.24. The summed E-state index contributed by atoms with van der Waals surface area (Å²) >= 11 is 4.46. The highest BCUT2D eigenvalue weighted by atomic mass is 32.1. The topological polar surface area (TPSA) is 0 Å². The Morgan fingerprint density at radius 1 is 0.929 bits per heavy atom. The molecule has 14 heavy (non-hydrogen) atoms. The predicted molar refractivity (Wildman–Crippen MR) is 63.9 cm³/mol. The molecule has 0 bridgehead atoms. The molecule has 70 valence electrons. The van der Waals surface area contributed by atoms with Gasteiger partial charge in [0.2, 0.25) is 0 Å². The zero-order valence-corrected chi connectivity index (χ0v) is 8.96. The molecule has 2 aromatic rings. The third kappa shape index (κ3) is 1.83. The molecule has 0 fully saturated rings. The molecule has 0 aromatic heterocycles. The second-order valence-corrected chi connectivity index (χ2v) is 3.87. The molecule has 2 rings (SSSR count). The van der Waals surface area contributed by atoms with Crippen molar-refractivity contribution in [2.75, 3.05) is 0 Å². The van der Waals surface area contributed by atoms with Gasteiger partial charge >= 0.3 is 0 Å². The maximum atomic E-state index is 4.46. The second kappa shape index (κ2) is 3.89. The molecule has 0 aliphatic heterocycles. The minimum Gasteiger partial charge on any atom is -0.143 e. The van der Waals surface area contributed by atoms with Crippen molar-refractivity contribution >= 4 is 12.6 Å². The Morgan fingerprint density at radius 3 is 2.36 bits per heavy atom. The van der Waals surface area contributed by atoms with Gasteiger partial charge in [-0.15, -0.1) is 12.6 Å². The third-order valence-corrected chi connectivity index (χ3v) is 2.63. The van der Waals surface area contributed by atoms with Crippen LogP contribution in [-0.2, 0) is 0 Å².